The number of benzene rings is 1. The average molecular weight is 332 g/mol. The van der Waals surface area contributed by atoms with Crippen LogP contribution in [0.1, 0.15) is 19.4 Å². The monoisotopic (exact) mass is 332 g/mol. The Morgan fingerprint density at radius 3 is 2.33 bits per heavy atom. The predicted octanol–water partition coefficient (Wildman–Crippen LogP) is 0.430. The van der Waals surface area contributed by atoms with Crippen LogP contribution < -0.4 is 11.1 Å². The van der Waals surface area contributed by atoms with Gasteiger partial charge in [0.2, 0.25) is 11.8 Å². The Balaban J connectivity index is 1.71. The summed E-state index contributed by atoms with van der Waals surface area (Å²) < 4.78 is 0. The van der Waals surface area contributed by atoms with Gasteiger partial charge in [0.05, 0.1) is 6.54 Å². The molecule has 0 bridgehead atoms. The number of hydrogen-bond donors (Lipinski definition) is 2. The molecule has 0 aliphatic carbocycles. The molecule has 1 aliphatic heterocycles. The zero-order valence-electron chi connectivity index (χ0n) is 14.6. The lowest BCUT2D eigenvalue weighted by Gasteiger charge is -2.35. The standard InChI is InChI=1S/C18H28N4O2/c1-14(15(2)19)18(24)20-12-17(23)22-10-8-21(9-11-22)13-16-6-4-3-5-7-16/h3-7,14-15H,8-13,19H2,1-2H3,(H,20,24). The Bertz CT molecular complexity index is 539. The highest BCUT2D eigenvalue weighted by molar-refractivity contribution is 5.86. The van der Waals surface area contributed by atoms with Crippen molar-refractivity contribution in [2.45, 2.75) is 26.4 Å². The Labute approximate surface area is 144 Å². The van der Waals surface area contributed by atoms with E-state index in [2.05, 4.69) is 22.3 Å². The molecule has 0 spiro atoms. The Hall–Kier alpha value is -1.92. The van der Waals surface area contributed by atoms with Crippen LogP contribution in [0.4, 0.5) is 0 Å². The van der Waals surface area contributed by atoms with Crippen LogP contribution in [0.15, 0.2) is 30.3 Å². The second-order valence-corrected chi connectivity index (χ2v) is 6.51. The SMILES string of the molecule is CC(N)C(C)C(=O)NCC(=O)N1CCN(Cc2ccccc2)CC1. The quantitative estimate of drug-likeness (QED) is 0.792. The van der Waals surface area contributed by atoms with Gasteiger partial charge in [0.15, 0.2) is 0 Å². The van der Waals surface area contributed by atoms with Gasteiger partial charge in [-0.15, -0.1) is 0 Å². The van der Waals surface area contributed by atoms with Crippen molar-refractivity contribution in [3.05, 3.63) is 35.9 Å². The molecule has 6 heteroatoms. The van der Waals surface area contributed by atoms with Gasteiger partial charge in [-0.3, -0.25) is 14.5 Å². The molecule has 2 amide bonds. The van der Waals surface area contributed by atoms with E-state index in [9.17, 15) is 9.59 Å². The Kier molecular flexibility index (Phi) is 6.75. The van der Waals surface area contributed by atoms with Gasteiger partial charge in [-0.05, 0) is 12.5 Å². The lowest BCUT2D eigenvalue weighted by molar-refractivity contribution is -0.135. The van der Waals surface area contributed by atoms with E-state index in [1.807, 2.05) is 23.1 Å². The molecule has 2 unspecified atom stereocenters. The smallest absolute Gasteiger partial charge is 0.242 e. The van der Waals surface area contributed by atoms with E-state index in [0.717, 1.165) is 19.6 Å². The molecule has 2 atom stereocenters. The van der Waals surface area contributed by atoms with E-state index in [0.29, 0.717) is 13.1 Å². The van der Waals surface area contributed by atoms with Gasteiger partial charge in [-0.2, -0.15) is 0 Å². The summed E-state index contributed by atoms with van der Waals surface area (Å²) in [5.74, 6) is -0.485. The van der Waals surface area contributed by atoms with Crippen molar-refractivity contribution < 1.29 is 9.59 Å². The minimum atomic E-state index is -0.291. The minimum absolute atomic E-state index is 0.0282. The van der Waals surface area contributed by atoms with Gasteiger partial charge < -0.3 is 16.0 Å². The van der Waals surface area contributed by atoms with E-state index in [1.54, 1.807) is 13.8 Å². The van der Waals surface area contributed by atoms with Gasteiger partial charge in [0, 0.05) is 44.7 Å². The van der Waals surface area contributed by atoms with Gasteiger partial charge in [0.1, 0.15) is 0 Å². The number of rotatable bonds is 6. The van der Waals surface area contributed by atoms with Crippen LogP contribution in [0.5, 0.6) is 0 Å². The first-order valence-corrected chi connectivity index (χ1v) is 8.54. The van der Waals surface area contributed by atoms with Crippen molar-refractivity contribution in [3.8, 4) is 0 Å². The molecule has 1 fully saturated rings. The summed E-state index contributed by atoms with van der Waals surface area (Å²) in [5.41, 5.74) is 6.99. The van der Waals surface area contributed by atoms with Gasteiger partial charge in [-0.1, -0.05) is 37.3 Å². The average Bonchev–Trinajstić information content (AvgIpc) is 2.60. The van der Waals surface area contributed by atoms with E-state index in [1.165, 1.54) is 5.56 Å². The molecule has 24 heavy (non-hydrogen) atoms. The number of piperazine rings is 1. The molecule has 0 aromatic heterocycles. The third-order valence-electron chi connectivity index (χ3n) is 4.59. The predicted molar refractivity (Wildman–Crippen MR) is 94.1 cm³/mol. The topological polar surface area (TPSA) is 78.7 Å². The summed E-state index contributed by atoms with van der Waals surface area (Å²) in [4.78, 5) is 28.2. The minimum Gasteiger partial charge on any atom is -0.347 e. The number of nitrogens with one attached hydrogen (secondary N) is 1. The van der Waals surface area contributed by atoms with Crippen molar-refractivity contribution in [2.24, 2.45) is 11.7 Å². The lowest BCUT2D eigenvalue weighted by atomic mass is 10.0. The molecular weight excluding hydrogens is 304 g/mol. The maximum Gasteiger partial charge on any atom is 0.242 e. The van der Waals surface area contributed by atoms with Crippen LogP contribution in [0.3, 0.4) is 0 Å². The summed E-state index contributed by atoms with van der Waals surface area (Å²) in [7, 11) is 0. The molecule has 0 radical (unpaired) electrons. The van der Waals surface area contributed by atoms with E-state index < -0.39 is 0 Å². The molecular formula is C18H28N4O2. The number of hydrogen-bond acceptors (Lipinski definition) is 4. The molecule has 3 N–H and O–H groups in total. The van der Waals surface area contributed by atoms with E-state index >= 15 is 0 Å². The highest BCUT2D eigenvalue weighted by Crippen LogP contribution is 2.08. The fourth-order valence-corrected chi connectivity index (χ4v) is 2.67. The summed E-state index contributed by atoms with van der Waals surface area (Å²) in [5, 5.41) is 2.69. The van der Waals surface area contributed by atoms with Crippen molar-refractivity contribution >= 4 is 11.8 Å². The molecule has 132 valence electrons. The van der Waals surface area contributed by atoms with Crippen molar-refractivity contribution in [3.63, 3.8) is 0 Å². The van der Waals surface area contributed by atoms with Crippen LogP contribution in [-0.2, 0) is 16.1 Å². The first kappa shape index (κ1) is 18.4. The second kappa shape index (κ2) is 8.80. The van der Waals surface area contributed by atoms with Gasteiger partial charge >= 0.3 is 0 Å². The van der Waals surface area contributed by atoms with E-state index in [-0.39, 0.29) is 30.3 Å². The first-order valence-electron chi connectivity index (χ1n) is 8.54. The van der Waals surface area contributed by atoms with E-state index in [4.69, 9.17) is 5.73 Å². The highest BCUT2D eigenvalue weighted by atomic mass is 16.2. The fraction of sp³-hybridized carbons (Fsp3) is 0.556. The summed E-state index contributed by atoms with van der Waals surface area (Å²) in [6.07, 6.45) is 0. The fourth-order valence-electron chi connectivity index (χ4n) is 2.67. The van der Waals surface area contributed by atoms with Crippen LogP contribution in [-0.4, -0.2) is 60.4 Å². The van der Waals surface area contributed by atoms with Gasteiger partial charge in [0.25, 0.3) is 0 Å². The highest BCUT2D eigenvalue weighted by Gasteiger charge is 2.23. The summed E-state index contributed by atoms with van der Waals surface area (Å²) in [6.45, 7) is 7.62. The zero-order valence-corrected chi connectivity index (χ0v) is 14.6. The second-order valence-electron chi connectivity index (χ2n) is 6.51. The third kappa shape index (κ3) is 5.32. The third-order valence-corrected chi connectivity index (χ3v) is 4.59. The van der Waals surface area contributed by atoms with Crippen LogP contribution in [0, 0.1) is 5.92 Å². The van der Waals surface area contributed by atoms with Crippen molar-refractivity contribution in [2.75, 3.05) is 32.7 Å². The molecule has 0 saturated carbocycles. The molecule has 1 aliphatic rings. The normalized spacial score (nSPS) is 18.0. The number of nitrogens with two attached hydrogens (primary N) is 1. The largest absolute Gasteiger partial charge is 0.347 e. The Morgan fingerprint density at radius 2 is 1.75 bits per heavy atom. The molecule has 2 rings (SSSR count). The number of amides is 2. The van der Waals surface area contributed by atoms with Crippen molar-refractivity contribution in [1.82, 2.24) is 15.1 Å². The number of carbonyl (C=O) groups excluding carboxylic acids is 2. The molecule has 1 saturated heterocycles. The maximum absolute atomic E-state index is 12.2. The van der Waals surface area contributed by atoms with Crippen LogP contribution in [0.2, 0.25) is 0 Å². The zero-order chi connectivity index (χ0) is 17.5. The maximum atomic E-state index is 12.2. The Morgan fingerprint density at radius 1 is 1.12 bits per heavy atom. The first-order chi connectivity index (χ1) is 11.5. The number of carbonyl (C=O) groups is 2. The van der Waals surface area contributed by atoms with Crippen molar-refractivity contribution in [1.29, 1.82) is 0 Å². The molecule has 1 aromatic carbocycles. The van der Waals surface area contributed by atoms with Gasteiger partial charge in [-0.25, -0.2) is 0 Å². The lowest BCUT2D eigenvalue weighted by Crippen LogP contribution is -2.51. The van der Waals surface area contributed by atoms with Crippen LogP contribution in [0.25, 0.3) is 0 Å². The molecule has 1 heterocycles. The summed E-state index contributed by atoms with van der Waals surface area (Å²) in [6, 6.07) is 10.1. The summed E-state index contributed by atoms with van der Waals surface area (Å²) >= 11 is 0. The number of nitrogens with zero attached hydrogens (tertiary/aromatic N) is 2. The van der Waals surface area contributed by atoms with Crippen LogP contribution >= 0.6 is 0 Å². The molecule has 6 nitrogen and oxygen atoms in total. The molecule has 1 aromatic rings.